The van der Waals surface area contributed by atoms with Crippen LogP contribution in [0.15, 0.2) is 153 Å². The molecule has 4 amide bonds. The minimum Gasteiger partial charge on any atom is -0.491 e. The Morgan fingerprint density at radius 1 is 0.562 bits per heavy atom. The van der Waals surface area contributed by atoms with Crippen molar-refractivity contribution in [3.63, 3.8) is 0 Å². The predicted octanol–water partition coefficient (Wildman–Crippen LogP) is 9.07. The molecule has 4 aliphatic rings. The first kappa shape index (κ1) is 42.0. The van der Waals surface area contributed by atoms with Crippen LogP contribution in [0.25, 0.3) is 0 Å². The summed E-state index contributed by atoms with van der Waals surface area (Å²) in [7, 11) is 7.86. The topological polar surface area (TPSA) is 160 Å². The first-order valence-corrected chi connectivity index (χ1v) is 21.4. The van der Waals surface area contributed by atoms with Crippen LogP contribution in [0, 0.1) is 29.6 Å². The molecular weight excluding hydrogens is 809 g/mol. The number of aliphatic hydroxyl groups is 1. The molecular formula is C50H48N8O6. The van der Waals surface area contributed by atoms with E-state index in [1.807, 2.05) is 111 Å². The van der Waals surface area contributed by atoms with Crippen LogP contribution in [0.2, 0.25) is 0 Å². The number of hydrogen-bond acceptors (Lipinski definition) is 12. The molecule has 324 valence electrons. The Morgan fingerprint density at radius 2 is 1.02 bits per heavy atom. The van der Waals surface area contributed by atoms with Crippen molar-refractivity contribution in [1.29, 1.82) is 0 Å². The zero-order valence-corrected chi connectivity index (χ0v) is 36.0. The fourth-order valence-electron chi connectivity index (χ4n) is 9.67. The number of benzene rings is 5. The molecule has 0 radical (unpaired) electrons. The van der Waals surface area contributed by atoms with Gasteiger partial charge in [0.25, 0.3) is 0 Å². The van der Waals surface area contributed by atoms with Gasteiger partial charge < -0.3 is 19.6 Å². The summed E-state index contributed by atoms with van der Waals surface area (Å²) < 4.78 is 6.04. The molecule has 2 saturated heterocycles. The van der Waals surface area contributed by atoms with Gasteiger partial charge in [-0.1, -0.05) is 29.8 Å². The van der Waals surface area contributed by atoms with Crippen molar-refractivity contribution in [1.82, 2.24) is 0 Å². The van der Waals surface area contributed by atoms with Crippen molar-refractivity contribution in [3.8, 4) is 5.75 Å². The third-order valence-electron chi connectivity index (χ3n) is 12.8. The highest BCUT2D eigenvalue weighted by Gasteiger charge is 2.62. The van der Waals surface area contributed by atoms with Crippen LogP contribution >= 0.6 is 0 Å². The second-order valence-electron chi connectivity index (χ2n) is 16.9. The smallest absolute Gasteiger partial charge is 0.238 e. The molecule has 1 saturated carbocycles. The van der Waals surface area contributed by atoms with E-state index < -0.39 is 35.5 Å². The van der Waals surface area contributed by atoms with E-state index >= 15 is 0 Å². The molecule has 0 unspecified atom stereocenters. The molecule has 1 N–H and O–H groups in total. The van der Waals surface area contributed by atoms with E-state index in [2.05, 4.69) is 20.5 Å². The van der Waals surface area contributed by atoms with E-state index in [0.29, 0.717) is 51.9 Å². The number of allylic oxidation sites excluding steroid dienone is 2. The number of carbonyl (C=O) groups is 4. The van der Waals surface area contributed by atoms with E-state index in [9.17, 15) is 24.3 Å². The summed E-state index contributed by atoms with van der Waals surface area (Å²) in [5, 5.41) is 27.1. The lowest BCUT2D eigenvalue weighted by Gasteiger charge is -2.44. The number of azo groups is 2. The molecule has 6 atom stereocenters. The molecule has 5 aromatic carbocycles. The zero-order chi connectivity index (χ0) is 44.6. The number of anilines is 4. The maximum Gasteiger partial charge on any atom is 0.238 e. The van der Waals surface area contributed by atoms with Crippen molar-refractivity contribution in [2.75, 3.05) is 61.0 Å². The molecule has 2 aliphatic carbocycles. The van der Waals surface area contributed by atoms with Crippen LogP contribution in [0.1, 0.15) is 24.3 Å². The van der Waals surface area contributed by atoms with Crippen LogP contribution in [0.3, 0.4) is 0 Å². The van der Waals surface area contributed by atoms with E-state index in [0.717, 1.165) is 16.9 Å². The molecule has 5 aromatic rings. The third-order valence-corrected chi connectivity index (χ3v) is 12.8. The van der Waals surface area contributed by atoms with Gasteiger partial charge in [-0.3, -0.25) is 29.0 Å². The Balaban J connectivity index is 0.999. The van der Waals surface area contributed by atoms with Crippen LogP contribution < -0.4 is 24.3 Å². The number of rotatable bonds is 12. The normalized spacial score (nSPS) is 22.8. The predicted molar refractivity (Wildman–Crippen MR) is 244 cm³/mol. The molecule has 2 heterocycles. The highest BCUT2D eigenvalue weighted by Crippen LogP contribution is 2.59. The molecule has 0 spiro atoms. The Labute approximate surface area is 371 Å². The summed E-state index contributed by atoms with van der Waals surface area (Å²) in [6, 6.07) is 36.3. The Bertz CT molecular complexity index is 2680. The fourth-order valence-corrected chi connectivity index (χ4v) is 9.67. The SMILES string of the molecule is CN(C)c1ccc(N=Nc2ccc(N3C(=O)[C@H]4[C@H](CC=C5[C@H]4C[C@H]4C(=O)N(c6ccc(N=Nc7ccc(N(C)C)cc7)cc6)C(=O)[C@H]4[C@H]5c4ccccc4OCCO)C3=O)cc2)cc1. The van der Waals surface area contributed by atoms with Gasteiger partial charge in [0.2, 0.25) is 23.6 Å². The molecule has 2 aliphatic heterocycles. The highest BCUT2D eigenvalue weighted by molar-refractivity contribution is 6.24. The first-order chi connectivity index (χ1) is 31.0. The lowest BCUT2D eigenvalue weighted by molar-refractivity contribution is -0.126. The van der Waals surface area contributed by atoms with Crippen molar-refractivity contribution < 1.29 is 29.0 Å². The summed E-state index contributed by atoms with van der Waals surface area (Å²) in [6.07, 6.45) is 2.52. The summed E-state index contributed by atoms with van der Waals surface area (Å²) in [5.41, 5.74) is 6.92. The largest absolute Gasteiger partial charge is 0.491 e. The molecule has 14 heteroatoms. The maximum absolute atomic E-state index is 14.8. The minimum absolute atomic E-state index is 0.0288. The van der Waals surface area contributed by atoms with Gasteiger partial charge in [0.1, 0.15) is 12.4 Å². The van der Waals surface area contributed by atoms with Gasteiger partial charge in [-0.15, -0.1) is 0 Å². The van der Waals surface area contributed by atoms with E-state index in [1.165, 1.54) is 9.80 Å². The zero-order valence-electron chi connectivity index (χ0n) is 36.0. The lowest BCUT2D eigenvalue weighted by Crippen LogP contribution is -2.43. The Morgan fingerprint density at radius 3 is 1.50 bits per heavy atom. The number of aliphatic hydroxyl groups excluding tert-OH is 1. The number of hydrogen-bond donors (Lipinski definition) is 1. The van der Waals surface area contributed by atoms with Crippen molar-refractivity contribution in [3.05, 3.63) is 139 Å². The van der Waals surface area contributed by atoms with E-state index in [4.69, 9.17) is 4.74 Å². The standard InChI is InChI=1S/C50H48N8O6/c1-55(2)34-17-9-30(10-18-34)51-53-32-13-21-36(22-14-32)57-47(60)40-26-25-38-41(45(40)49(57)62)29-42-46(44(38)39-7-5-6-8-43(39)64-28-27-59)50(63)58(48(42)61)37-23-15-33(16-24-37)54-52-31-11-19-35(20-12-31)56(3)4/h5-25,40-42,44-46,59H,26-29H2,1-4H3/t40-,41+,42+,44+,45-,46+/m0/s1. The van der Waals surface area contributed by atoms with Gasteiger partial charge in [-0.05, 0) is 122 Å². The number of nitrogens with zero attached hydrogens (tertiary/aromatic N) is 8. The van der Waals surface area contributed by atoms with Crippen LogP contribution in [0.5, 0.6) is 5.75 Å². The number of fused-ring (bicyclic) bond motifs is 4. The number of amides is 4. The maximum atomic E-state index is 14.8. The van der Waals surface area contributed by atoms with Gasteiger partial charge in [0.15, 0.2) is 0 Å². The van der Waals surface area contributed by atoms with Crippen molar-refractivity contribution in [2.24, 2.45) is 50.0 Å². The van der Waals surface area contributed by atoms with Crippen LogP contribution in [-0.2, 0) is 19.2 Å². The molecule has 0 aromatic heterocycles. The van der Waals surface area contributed by atoms with Crippen molar-refractivity contribution >= 4 is 69.1 Å². The van der Waals surface area contributed by atoms with Gasteiger partial charge in [-0.2, -0.15) is 20.5 Å². The average Bonchev–Trinajstić information content (AvgIpc) is 3.72. The third kappa shape index (κ3) is 7.74. The summed E-state index contributed by atoms with van der Waals surface area (Å²) in [4.78, 5) is 64.9. The Hall–Kier alpha value is -7.32. The number of imide groups is 2. The van der Waals surface area contributed by atoms with E-state index in [1.54, 1.807) is 54.6 Å². The first-order valence-electron chi connectivity index (χ1n) is 21.4. The molecule has 14 nitrogen and oxygen atoms in total. The monoisotopic (exact) mass is 856 g/mol. The number of ether oxygens (including phenoxy) is 1. The van der Waals surface area contributed by atoms with Gasteiger partial charge in [0, 0.05) is 51.0 Å². The Kier molecular flexibility index (Phi) is 11.5. The minimum atomic E-state index is -0.800. The van der Waals surface area contributed by atoms with Crippen molar-refractivity contribution in [2.45, 2.75) is 18.8 Å². The highest BCUT2D eigenvalue weighted by atomic mass is 16.5. The van der Waals surface area contributed by atoms with Gasteiger partial charge in [-0.25, -0.2) is 0 Å². The summed E-state index contributed by atoms with van der Waals surface area (Å²) >= 11 is 0. The van der Waals surface area contributed by atoms with Crippen LogP contribution in [0.4, 0.5) is 45.5 Å². The lowest BCUT2D eigenvalue weighted by atomic mass is 9.57. The van der Waals surface area contributed by atoms with Gasteiger partial charge >= 0.3 is 0 Å². The van der Waals surface area contributed by atoms with Crippen LogP contribution in [-0.4, -0.2) is 70.1 Å². The van der Waals surface area contributed by atoms with Gasteiger partial charge in [0.05, 0.1) is 64.4 Å². The van der Waals surface area contributed by atoms with E-state index in [-0.39, 0.29) is 43.3 Å². The fraction of sp³-hybridized carbons (Fsp3) is 0.280. The second-order valence-corrected chi connectivity index (χ2v) is 16.9. The quantitative estimate of drug-likeness (QED) is 0.0739. The molecule has 3 fully saturated rings. The second kappa shape index (κ2) is 17.4. The summed E-state index contributed by atoms with van der Waals surface area (Å²) in [6.45, 7) is -0.189. The molecule has 0 bridgehead atoms. The number of para-hydroxylation sites is 1. The number of carbonyl (C=O) groups excluding carboxylic acids is 4. The summed E-state index contributed by atoms with van der Waals surface area (Å²) in [5.74, 6) is -4.98. The molecule has 64 heavy (non-hydrogen) atoms. The molecule has 9 rings (SSSR count). The average molecular weight is 857 g/mol.